The van der Waals surface area contributed by atoms with Crippen molar-refractivity contribution in [3.63, 3.8) is 0 Å². The van der Waals surface area contributed by atoms with Crippen molar-refractivity contribution in [2.75, 3.05) is 24.2 Å². The van der Waals surface area contributed by atoms with Crippen LogP contribution in [0.2, 0.25) is 0 Å². The molecular formula is C10H14IN3O4S. The lowest BCUT2D eigenvalue weighted by Gasteiger charge is -2.09. The van der Waals surface area contributed by atoms with Gasteiger partial charge in [-0.15, -0.1) is 0 Å². The van der Waals surface area contributed by atoms with Crippen molar-refractivity contribution in [2.24, 2.45) is 0 Å². The lowest BCUT2D eigenvalue weighted by molar-refractivity contribution is -0.384. The molecule has 2 N–H and O–H groups in total. The summed E-state index contributed by atoms with van der Waals surface area (Å²) in [6.45, 7) is 2.31. The Morgan fingerprint density at radius 1 is 1.42 bits per heavy atom. The summed E-state index contributed by atoms with van der Waals surface area (Å²) in [5.74, 6) is -0.0477. The summed E-state index contributed by atoms with van der Waals surface area (Å²) in [7, 11) is -3.26. The van der Waals surface area contributed by atoms with Gasteiger partial charge in [-0.25, -0.2) is 13.1 Å². The minimum absolute atomic E-state index is 0.00946. The molecule has 0 fully saturated rings. The Morgan fingerprint density at radius 3 is 2.63 bits per heavy atom. The van der Waals surface area contributed by atoms with Crippen LogP contribution in [0.25, 0.3) is 0 Å². The maximum Gasteiger partial charge on any atom is 0.270 e. The number of nitrogens with one attached hydrogen (secondary N) is 2. The van der Waals surface area contributed by atoms with Crippen LogP contribution in [0.5, 0.6) is 0 Å². The molecule has 0 heterocycles. The lowest BCUT2D eigenvalue weighted by Crippen LogP contribution is -2.29. The fourth-order valence-corrected chi connectivity index (χ4v) is 3.02. The number of sulfonamides is 1. The number of nitro groups is 1. The van der Waals surface area contributed by atoms with Crippen LogP contribution in [-0.2, 0) is 10.0 Å². The topological polar surface area (TPSA) is 101 Å². The SMILES string of the molecule is CCNS(=O)(=O)CCNc1ccc([N+](=O)[O-])cc1I. The van der Waals surface area contributed by atoms with Gasteiger partial charge in [0.15, 0.2) is 0 Å². The van der Waals surface area contributed by atoms with E-state index in [1.54, 1.807) is 13.0 Å². The van der Waals surface area contributed by atoms with E-state index in [1.165, 1.54) is 12.1 Å². The number of non-ortho nitro benzene ring substituents is 1. The van der Waals surface area contributed by atoms with E-state index in [0.29, 0.717) is 15.8 Å². The second kappa shape index (κ2) is 7.01. The first kappa shape index (κ1) is 16.1. The number of rotatable bonds is 7. The smallest absolute Gasteiger partial charge is 0.270 e. The van der Waals surface area contributed by atoms with Crippen LogP contribution >= 0.6 is 22.6 Å². The summed E-state index contributed by atoms with van der Waals surface area (Å²) >= 11 is 1.96. The van der Waals surface area contributed by atoms with E-state index in [-0.39, 0.29) is 18.0 Å². The van der Waals surface area contributed by atoms with Crippen molar-refractivity contribution < 1.29 is 13.3 Å². The third-order valence-electron chi connectivity index (χ3n) is 2.21. The van der Waals surface area contributed by atoms with Gasteiger partial charge in [0.2, 0.25) is 10.0 Å². The van der Waals surface area contributed by atoms with Crippen molar-refractivity contribution in [1.82, 2.24) is 4.72 Å². The van der Waals surface area contributed by atoms with Crippen LogP contribution in [0.4, 0.5) is 11.4 Å². The summed E-state index contributed by atoms with van der Waals surface area (Å²) < 4.78 is 25.9. The zero-order chi connectivity index (χ0) is 14.5. The Bertz CT molecular complexity index is 562. The minimum Gasteiger partial charge on any atom is -0.383 e. The molecule has 9 heteroatoms. The van der Waals surface area contributed by atoms with Crippen molar-refractivity contribution in [3.8, 4) is 0 Å². The van der Waals surface area contributed by atoms with Crippen LogP contribution in [-0.4, -0.2) is 32.2 Å². The average Bonchev–Trinajstić information content (AvgIpc) is 2.30. The molecule has 0 aromatic heterocycles. The number of nitro benzene ring substituents is 1. The third kappa shape index (κ3) is 5.28. The molecular weight excluding hydrogens is 385 g/mol. The highest BCUT2D eigenvalue weighted by atomic mass is 127. The van der Waals surface area contributed by atoms with Crippen LogP contribution < -0.4 is 10.0 Å². The quantitative estimate of drug-likeness (QED) is 0.412. The number of halogens is 1. The normalized spacial score (nSPS) is 11.3. The zero-order valence-corrected chi connectivity index (χ0v) is 13.2. The highest BCUT2D eigenvalue weighted by molar-refractivity contribution is 14.1. The standard InChI is InChI=1S/C10H14IN3O4S/c1-2-13-19(17,18)6-5-12-10-4-3-8(14(15)16)7-9(10)11/h3-4,7,12-13H,2,5-6H2,1H3. The van der Waals surface area contributed by atoms with Crippen molar-refractivity contribution in [2.45, 2.75) is 6.92 Å². The molecule has 0 bridgehead atoms. The summed E-state index contributed by atoms with van der Waals surface area (Å²) in [6.07, 6.45) is 0. The van der Waals surface area contributed by atoms with Crippen molar-refractivity contribution in [3.05, 3.63) is 31.9 Å². The monoisotopic (exact) mass is 399 g/mol. The zero-order valence-electron chi connectivity index (χ0n) is 10.2. The summed E-state index contributed by atoms with van der Waals surface area (Å²) in [4.78, 5) is 10.1. The van der Waals surface area contributed by atoms with Gasteiger partial charge in [0.1, 0.15) is 0 Å². The molecule has 0 saturated carbocycles. The van der Waals surface area contributed by atoms with Crippen LogP contribution in [0.3, 0.4) is 0 Å². The number of nitrogens with zero attached hydrogens (tertiary/aromatic N) is 1. The van der Waals surface area contributed by atoms with Crippen LogP contribution in [0.1, 0.15) is 6.92 Å². The van der Waals surface area contributed by atoms with E-state index in [1.807, 2.05) is 22.6 Å². The molecule has 1 aromatic carbocycles. The highest BCUT2D eigenvalue weighted by Gasteiger charge is 2.11. The Hall–Kier alpha value is -0.940. The fourth-order valence-electron chi connectivity index (χ4n) is 1.37. The van der Waals surface area contributed by atoms with E-state index in [9.17, 15) is 18.5 Å². The molecule has 1 rings (SSSR count). The molecule has 0 unspecified atom stereocenters. The minimum atomic E-state index is -3.26. The molecule has 0 amide bonds. The van der Waals surface area contributed by atoms with E-state index >= 15 is 0 Å². The Labute approximate surface area is 125 Å². The number of hydrogen-bond donors (Lipinski definition) is 2. The average molecular weight is 399 g/mol. The predicted octanol–water partition coefficient (Wildman–Crippen LogP) is 1.55. The molecule has 0 radical (unpaired) electrons. The van der Waals surface area contributed by atoms with Gasteiger partial charge in [0, 0.05) is 34.5 Å². The molecule has 106 valence electrons. The van der Waals surface area contributed by atoms with Gasteiger partial charge in [-0.2, -0.15) is 0 Å². The number of hydrogen-bond acceptors (Lipinski definition) is 5. The number of anilines is 1. The fraction of sp³-hybridized carbons (Fsp3) is 0.400. The summed E-state index contributed by atoms with van der Waals surface area (Å²) in [6, 6.07) is 4.38. The molecule has 0 aliphatic carbocycles. The van der Waals surface area contributed by atoms with Crippen LogP contribution in [0, 0.1) is 13.7 Å². The largest absolute Gasteiger partial charge is 0.383 e. The molecule has 0 saturated heterocycles. The molecule has 19 heavy (non-hydrogen) atoms. The first-order valence-electron chi connectivity index (χ1n) is 5.51. The van der Waals surface area contributed by atoms with Gasteiger partial charge < -0.3 is 5.32 Å². The molecule has 0 aliphatic rings. The summed E-state index contributed by atoms with van der Waals surface area (Å²) in [5.41, 5.74) is 0.688. The Balaban J connectivity index is 2.62. The second-order valence-corrected chi connectivity index (χ2v) is 6.75. The maximum atomic E-state index is 11.4. The first-order valence-corrected chi connectivity index (χ1v) is 8.24. The van der Waals surface area contributed by atoms with Gasteiger partial charge in [-0.1, -0.05) is 6.92 Å². The highest BCUT2D eigenvalue weighted by Crippen LogP contribution is 2.23. The van der Waals surface area contributed by atoms with Gasteiger partial charge >= 0.3 is 0 Å². The molecule has 0 atom stereocenters. The van der Waals surface area contributed by atoms with E-state index in [2.05, 4.69) is 10.0 Å². The van der Waals surface area contributed by atoms with Gasteiger partial charge in [-0.05, 0) is 28.7 Å². The maximum absolute atomic E-state index is 11.4. The summed E-state index contributed by atoms with van der Waals surface area (Å²) in [5, 5.41) is 13.5. The number of benzene rings is 1. The van der Waals surface area contributed by atoms with Crippen molar-refractivity contribution in [1.29, 1.82) is 0 Å². The first-order chi connectivity index (χ1) is 8.85. The Kier molecular flexibility index (Phi) is 5.94. The lowest BCUT2D eigenvalue weighted by atomic mass is 10.3. The van der Waals surface area contributed by atoms with E-state index < -0.39 is 14.9 Å². The van der Waals surface area contributed by atoms with Gasteiger partial charge in [0.05, 0.1) is 10.7 Å². The Morgan fingerprint density at radius 2 is 2.11 bits per heavy atom. The molecule has 0 aliphatic heterocycles. The van der Waals surface area contributed by atoms with E-state index in [0.717, 1.165) is 0 Å². The second-order valence-electron chi connectivity index (χ2n) is 3.66. The molecule has 1 aromatic rings. The third-order valence-corrected chi connectivity index (χ3v) is 4.58. The molecule has 7 nitrogen and oxygen atoms in total. The van der Waals surface area contributed by atoms with Gasteiger partial charge in [0.25, 0.3) is 5.69 Å². The van der Waals surface area contributed by atoms with Crippen molar-refractivity contribution >= 4 is 44.0 Å². The van der Waals surface area contributed by atoms with E-state index in [4.69, 9.17) is 0 Å². The van der Waals surface area contributed by atoms with Gasteiger partial charge in [-0.3, -0.25) is 10.1 Å². The van der Waals surface area contributed by atoms with Crippen LogP contribution in [0.15, 0.2) is 18.2 Å². The predicted molar refractivity (Wildman–Crippen MR) is 81.8 cm³/mol. The molecule has 0 spiro atoms.